The Hall–Kier alpha value is -2.14. The number of Topliss-reactive ketones (excluding diaryl/α,β-unsaturated/α-hetero) is 1. The predicted octanol–water partition coefficient (Wildman–Crippen LogP) is 3.50. The summed E-state index contributed by atoms with van der Waals surface area (Å²) in [6, 6.07) is 8.23. The molecule has 0 aliphatic heterocycles. The maximum absolute atomic E-state index is 12.8. The molecule has 23 heavy (non-hydrogen) atoms. The van der Waals surface area contributed by atoms with E-state index in [1.54, 1.807) is 37.4 Å². The Labute approximate surface area is 142 Å². The molecule has 1 aromatic carbocycles. The normalized spacial score (nSPS) is 10.2. The number of benzene rings is 1. The van der Waals surface area contributed by atoms with Gasteiger partial charge in [0.25, 0.3) is 5.78 Å². The van der Waals surface area contributed by atoms with Crippen molar-refractivity contribution >= 4 is 41.1 Å². The summed E-state index contributed by atoms with van der Waals surface area (Å²) < 4.78 is 1.53. The molecule has 1 aromatic heterocycles. The van der Waals surface area contributed by atoms with E-state index in [1.165, 1.54) is 16.3 Å². The van der Waals surface area contributed by atoms with Crippen LogP contribution in [-0.4, -0.2) is 32.9 Å². The molecule has 118 valence electrons. The Morgan fingerprint density at radius 1 is 1.35 bits per heavy atom. The van der Waals surface area contributed by atoms with Gasteiger partial charge in [0.05, 0.1) is 5.69 Å². The van der Waals surface area contributed by atoms with E-state index in [0.717, 1.165) is 12.0 Å². The number of ketones is 2. The number of hydrogen-bond acceptors (Lipinski definition) is 3. The average molecular weight is 348 g/mol. The summed E-state index contributed by atoms with van der Waals surface area (Å²) in [5.74, 6) is 0.0929. The molecule has 0 radical (unpaired) electrons. The highest BCUT2D eigenvalue weighted by molar-refractivity contribution is 7.99. The van der Waals surface area contributed by atoms with Gasteiger partial charge in [0.15, 0.2) is 0 Å². The molecule has 5 nitrogen and oxygen atoms in total. The molecule has 0 bridgehead atoms. The van der Waals surface area contributed by atoms with E-state index in [9.17, 15) is 9.59 Å². The van der Waals surface area contributed by atoms with Gasteiger partial charge in [-0.05, 0) is 36.1 Å². The van der Waals surface area contributed by atoms with Crippen molar-refractivity contribution in [3.05, 3.63) is 57.8 Å². The minimum absolute atomic E-state index is 0.194. The first-order valence-corrected chi connectivity index (χ1v) is 8.20. The number of aromatic nitrogens is 1. The van der Waals surface area contributed by atoms with Gasteiger partial charge >= 0.3 is 6.21 Å². The third-order valence-electron chi connectivity index (χ3n) is 3.25. The van der Waals surface area contributed by atoms with Crippen LogP contribution in [0.3, 0.4) is 0 Å². The van der Waals surface area contributed by atoms with Crippen LogP contribution < -0.4 is 0 Å². The van der Waals surface area contributed by atoms with E-state index >= 15 is 0 Å². The fraction of sp³-hybridized carbons (Fsp3) is 0.188. The Bertz CT molecular complexity index is 805. The SMILES string of the molecule is CCSc1cc(C(=O)C=[N+]=[N-])n(C)c1C(=O)c1ccc(Cl)cc1. The number of thioether (sulfide) groups is 1. The fourth-order valence-corrected chi connectivity index (χ4v) is 3.20. The Kier molecular flexibility index (Phi) is 5.55. The lowest BCUT2D eigenvalue weighted by atomic mass is 10.1. The maximum atomic E-state index is 12.8. The van der Waals surface area contributed by atoms with Crippen molar-refractivity contribution in [3.8, 4) is 0 Å². The van der Waals surface area contributed by atoms with Crippen molar-refractivity contribution < 1.29 is 14.4 Å². The molecule has 0 aliphatic carbocycles. The minimum Gasteiger partial charge on any atom is -0.361 e. The largest absolute Gasteiger partial charge is 0.361 e. The summed E-state index contributed by atoms with van der Waals surface area (Å²) in [5, 5.41) is 0.548. The lowest BCUT2D eigenvalue weighted by Crippen LogP contribution is -2.13. The van der Waals surface area contributed by atoms with E-state index < -0.39 is 5.78 Å². The number of halogens is 1. The summed E-state index contributed by atoms with van der Waals surface area (Å²) in [5.41, 5.74) is 9.74. The second-order valence-corrected chi connectivity index (χ2v) is 6.42. The zero-order valence-electron chi connectivity index (χ0n) is 12.6. The second kappa shape index (κ2) is 7.42. The average Bonchev–Trinajstić information content (AvgIpc) is 2.84. The highest BCUT2D eigenvalue weighted by Gasteiger charge is 2.24. The molecule has 0 N–H and O–H groups in total. The van der Waals surface area contributed by atoms with Gasteiger partial charge in [0, 0.05) is 22.5 Å². The maximum Gasteiger partial charge on any atom is 0.329 e. The standard InChI is InChI=1S/C16H14ClN3O2S/c1-3-23-14-8-12(13(21)9-19-18)20(2)15(14)16(22)10-4-6-11(17)7-5-10/h4-9H,3H2,1-2H3. The molecular formula is C16H14ClN3O2S. The summed E-state index contributed by atoms with van der Waals surface area (Å²) in [7, 11) is 1.64. The molecule has 1 heterocycles. The summed E-state index contributed by atoms with van der Waals surface area (Å²) in [4.78, 5) is 28.2. The van der Waals surface area contributed by atoms with E-state index in [2.05, 4.69) is 4.79 Å². The molecule has 2 rings (SSSR count). The van der Waals surface area contributed by atoms with Crippen LogP contribution >= 0.6 is 23.4 Å². The molecular weight excluding hydrogens is 334 g/mol. The zero-order valence-corrected chi connectivity index (χ0v) is 14.2. The lowest BCUT2D eigenvalue weighted by molar-refractivity contribution is 0.00226. The van der Waals surface area contributed by atoms with Crippen LogP contribution in [-0.2, 0) is 7.05 Å². The molecule has 0 atom stereocenters. The number of nitrogens with zero attached hydrogens (tertiary/aromatic N) is 3. The van der Waals surface area contributed by atoms with Crippen LogP contribution in [0.25, 0.3) is 5.53 Å². The van der Waals surface area contributed by atoms with Crippen molar-refractivity contribution in [2.24, 2.45) is 7.05 Å². The summed E-state index contributed by atoms with van der Waals surface area (Å²) in [6.45, 7) is 1.96. The topological polar surface area (TPSA) is 75.5 Å². The van der Waals surface area contributed by atoms with E-state index in [1.807, 2.05) is 6.92 Å². The zero-order chi connectivity index (χ0) is 17.0. The number of hydrogen-bond donors (Lipinski definition) is 0. The van der Waals surface area contributed by atoms with Gasteiger partial charge in [0.2, 0.25) is 5.78 Å². The summed E-state index contributed by atoms with van der Waals surface area (Å²) in [6.07, 6.45) is 0.812. The smallest absolute Gasteiger partial charge is 0.329 e. The van der Waals surface area contributed by atoms with Crippen molar-refractivity contribution in [2.45, 2.75) is 11.8 Å². The third-order valence-corrected chi connectivity index (χ3v) is 4.41. The van der Waals surface area contributed by atoms with Gasteiger partial charge in [-0.2, -0.15) is 4.79 Å². The van der Waals surface area contributed by atoms with Gasteiger partial charge in [-0.15, -0.1) is 11.8 Å². The van der Waals surface area contributed by atoms with Crippen LogP contribution in [0.4, 0.5) is 0 Å². The first-order valence-electron chi connectivity index (χ1n) is 6.84. The van der Waals surface area contributed by atoms with E-state index in [4.69, 9.17) is 17.1 Å². The molecule has 0 fully saturated rings. The van der Waals surface area contributed by atoms with Crippen LogP contribution in [0.5, 0.6) is 0 Å². The fourth-order valence-electron chi connectivity index (χ4n) is 2.20. The lowest BCUT2D eigenvalue weighted by Gasteiger charge is -2.07. The van der Waals surface area contributed by atoms with Gasteiger partial charge < -0.3 is 10.1 Å². The highest BCUT2D eigenvalue weighted by atomic mass is 35.5. The van der Waals surface area contributed by atoms with Crippen molar-refractivity contribution in [2.75, 3.05) is 5.75 Å². The molecule has 0 saturated carbocycles. The summed E-state index contributed by atoms with van der Waals surface area (Å²) >= 11 is 7.32. The van der Waals surface area contributed by atoms with Gasteiger partial charge in [-0.3, -0.25) is 9.59 Å². The number of carbonyl (C=O) groups is 2. The quantitative estimate of drug-likeness (QED) is 0.264. The number of rotatable bonds is 6. The molecule has 0 spiro atoms. The van der Waals surface area contributed by atoms with E-state index in [0.29, 0.717) is 21.2 Å². The number of carbonyl (C=O) groups excluding carboxylic acids is 2. The molecule has 0 amide bonds. The Morgan fingerprint density at radius 3 is 2.57 bits per heavy atom. The Balaban J connectivity index is 2.55. The van der Waals surface area contributed by atoms with Crippen molar-refractivity contribution in [1.29, 1.82) is 0 Å². The van der Waals surface area contributed by atoms with Gasteiger partial charge in [-0.1, -0.05) is 18.5 Å². The first kappa shape index (κ1) is 17.2. The Morgan fingerprint density at radius 2 is 2.00 bits per heavy atom. The van der Waals surface area contributed by atoms with Crippen LogP contribution in [0.1, 0.15) is 33.5 Å². The molecule has 0 aliphatic rings. The van der Waals surface area contributed by atoms with Gasteiger partial charge in [0.1, 0.15) is 5.69 Å². The minimum atomic E-state index is -0.469. The van der Waals surface area contributed by atoms with Gasteiger partial charge in [-0.25, -0.2) is 0 Å². The van der Waals surface area contributed by atoms with Crippen LogP contribution in [0.15, 0.2) is 35.2 Å². The molecule has 0 unspecified atom stereocenters. The second-order valence-electron chi connectivity index (χ2n) is 4.68. The van der Waals surface area contributed by atoms with Crippen molar-refractivity contribution in [3.63, 3.8) is 0 Å². The molecule has 2 aromatic rings. The van der Waals surface area contributed by atoms with Crippen LogP contribution in [0.2, 0.25) is 5.02 Å². The predicted molar refractivity (Wildman–Crippen MR) is 90.7 cm³/mol. The van der Waals surface area contributed by atoms with E-state index in [-0.39, 0.29) is 11.5 Å². The monoisotopic (exact) mass is 347 g/mol. The van der Waals surface area contributed by atoms with Crippen LogP contribution in [0, 0.1) is 0 Å². The molecule has 0 saturated heterocycles. The third kappa shape index (κ3) is 3.62. The molecule has 7 heteroatoms. The van der Waals surface area contributed by atoms with Crippen molar-refractivity contribution in [1.82, 2.24) is 4.57 Å². The highest BCUT2D eigenvalue weighted by Crippen LogP contribution is 2.28. The first-order chi connectivity index (χ1) is 11.0.